The lowest BCUT2D eigenvalue weighted by molar-refractivity contribution is 0.0690. The Morgan fingerprint density at radius 1 is 1.33 bits per heavy atom. The van der Waals surface area contributed by atoms with Crippen LogP contribution < -0.4 is 4.90 Å². The number of hydrogen-bond acceptors (Lipinski definition) is 3. The molecule has 0 radical (unpaired) electrons. The van der Waals surface area contributed by atoms with Crippen molar-refractivity contribution in [2.45, 2.75) is 19.3 Å². The van der Waals surface area contributed by atoms with Crippen LogP contribution in [0.4, 0.5) is 15.8 Å². The largest absolute Gasteiger partial charge is 0.477 e. The fraction of sp³-hybridized carbons (Fsp3) is 0.250. The van der Waals surface area contributed by atoms with E-state index in [-0.39, 0.29) is 16.9 Å². The standard InChI is InChI=1S/C16H15FN2O2/c1-16(2)9-19(11-5-3-4-10(17)8-11)13-7-6-12(15(20)21)18-14(13)16/h3-8H,9H2,1-2H3,(H,20,21). The highest BCUT2D eigenvalue weighted by Gasteiger charge is 2.38. The molecule has 1 aromatic heterocycles. The van der Waals surface area contributed by atoms with E-state index in [1.807, 2.05) is 24.8 Å². The maximum absolute atomic E-state index is 13.4. The van der Waals surface area contributed by atoms with Crippen molar-refractivity contribution in [1.82, 2.24) is 4.98 Å². The van der Waals surface area contributed by atoms with E-state index in [1.165, 1.54) is 18.2 Å². The first-order valence-electron chi connectivity index (χ1n) is 6.66. The summed E-state index contributed by atoms with van der Waals surface area (Å²) < 4.78 is 13.4. The number of hydrogen-bond donors (Lipinski definition) is 1. The lowest BCUT2D eigenvalue weighted by atomic mass is 9.91. The van der Waals surface area contributed by atoms with Gasteiger partial charge in [-0.05, 0) is 30.3 Å². The number of aromatic carboxylic acids is 1. The molecule has 0 aliphatic carbocycles. The van der Waals surface area contributed by atoms with Gasteiger partial charge in [0.2, 0.25) is 0 Å². The summed E-state index contributed by atoms with van der Waals surface area (Å²) in [7, 11) is 0. The van der Waals surface area contributed by atoms with Crippen LogP contribution in [0.5, 0.6) is 0 Å². The molecule has 0 saturated heterocycles. The van der Waals surface area contributed by atoms with Crippen molar-refractivity contribution in [2.75, 3.05) is 11.4 Å². The van der Waals surface area contributed by atoms with Crippen molar-refractivity contribution in [3.8, 4) is 0 Å². The summed E-state index contributed by atoms with van der Waals surface area (Å²) in [4.78, 5) is 17.3. The molecule has 1 aliphatic rings. The number of benzene rings is 1. The molecule has 0 spiro atoms. The minimum atomic E-state index is -1.04. The van der Waals surface area contributed by atoms with Crippen molar-refractivity contribution in [1.29, 1.82) is 0 Å². The molecule has 4 nitrogen and oxygen atoms in total. The molecule has 0 fully saturated rings. The van der Waals surface area contributed by atoms with Crippen LogP contribution >= 0.6 is 0 Å². The van der Waals surface area contributed by atoms with Crippen LogP contribution in [0.3, 0.4) is 0 Å². The van der Waals surface area contributed by atoms with Gasteiger partial charge < -0.3 is 10.0 Å². The molecule has 5 heteroatoms. The number of carboxylic acids is 1. The summed E-state index contributed by atoms with van der Waals surface area (Å²) in [5, 5.41) is 9.08. The third-order valence-corrected chi connectivity index (χ3v) is 3.70. The number of carbonyl (C=O) groups is 1. The van der Waals surface area contributed by atoms with E-state index in [2.05, 4.69) is 4.98 Å². The first-order chi connectivity index (χ1) is 9.88. The number of anilines is 2. The van der Waals surface area contributed by atoms with E-state index in [0.29, 0.717) is 6.54 Å². The van der Waals surface area contributed by atoms with E-state index >= 15 is 0 Å². The Morgan fingerprint density at radius 3 is 2.76 bits per heavy atom. The zero-order valence-corrected chi connectivity index (χ0v) is 11.8. The van der Waals surface area contributed by atoms with Crippen LogP contribution in [0.15, 0.2) is 36.4 Å². The van der Waals surface area contributed by atoms with Gasteiger partial charge in [0.05, 0.1) is 11.4 Å². The zero-order chi connectivity index (χ0) is 15.2. The summed E-state index contributed by atoms with van der Waals surface area (Å²) in [6.07, 6.45) is 0. The highest BCUT2D eigenvalue weighted by Crippen LogP contribution is 2.43. The van der Waals surface area contributed by atoms with Crippen LogP contribution in [-0.4, -0.2) is 22.6 Å². The van der Waals surface area contributed by atoms with Gasteiger partial charge in [-0.2, -0.15) is 0 Å². The first kappa shape index (κ1) is 13.5. The monoisotopic (exact) mass is 286 g/mol. The van der Waals surface area contributed by atoms with E-state index in [4.69, 9.17) is 5.11 Å². The fourth-order valence-electron chi connectivity index (χ4n) is 2.72. The second-order valence-corrected chi connectivity index (χ2v) is 5.82. The Kier molecular flexibility index (Phi) is 2.93. The van der Waals surface area contributed by atoms with Gasteiger partial charge in [-0.3, -0.25) is 0 Å². The number of rotatable bonds is 2. The minimum absolute atomic E-state index is 0.0305. The van der Waals surface area contributed by atoms with Gasteiger partial charge >= 0.3 is 5.97 Å². The molecule has 3 rings (SSSR count). The van der Waals surface area contributed by atoms with Gasteiger partial charge in [0.25, 0.3) is 0 Å². The molecule has 0 saturated carbocycles. The SMILES string of the molecule is CC1(C)CN(c2cccc(F)c2)c2ccc(C(=O)O)nc21. The van der Waals surface area contributed by atoms with E-state index < -0.39 is 5.97 Å². The molecule has 1 aliphatic heterocycles. The van der Waals surface area contributed by atoms with Crippen LogP contribution in [0.25, 0.3) is 0 Å². The molecule has 1 aromatic carbocycles. The molecular weight excluding hydrogens is 271 g/mol. The quantitative estimate of drug-likeness (QED) is 0.920. The Morgan fingerprint density at radius 2 is 2.10 bits per heavy atom. The first-order valence-corrected chi connectivity index (χ1v) is 6.66. The van der Waals surface area contributed by atoms with Gasteiger partial charge in [-0.25, -0.2) is 14.2 Å². The summed E-state index contributed by atoms with van der Waals surface area (Å²) in [6.45, 7) is 4.63. The van der Waals surface area contributed by atoms with E-state index in [9.17, 15) is 9.18 Å². The third-order valence-electron chi connectivity index (χ3n) is 3.70. The van der Waals surface area contributed by atoms with Crippen molar-refractivity contribution >= 4 is 17.3 Å². The lowest BCUT2D eigenvalue weighted by Crippen LogP contribution is -2.25. The molecule has 0 unspecified atom stereocenters. The van der Waals surface area contributed by atoms with Crippen LogP contribution in [-0.2, 0) is 5.41 Å². The van der Waals surface area contributed by atoms with Gasteiger partial charge in [-0.1, -0.05) is 19.9 Å². The van der Waals surface area contributed by atoms with Gasteiger partial charge in [0.1, 0.15) is 11.5 Å². The minimum Gasteiger partial charge on any atom is -0.477 e. The van der Waals surface area contributed by atoms with Gasteiger partial charge in [-0.15, -0.1) is 0 Å². The predicted molar refractivity (Wildman–Crippen MR) is 77.6 cm³/mol. The Bertz CT molecular complexity index is 728. The maximum Gasteiger partial charge on any atom is 0.354 e. The topological polar surface area (TPSA) is 53.4 Å². The number of aromatic nitrogens is 1. The molecule has 0 amide bonds. The smallest absolute Gasteiger partial charge is 0.354 e. The number of nitrogens with zero attached hydrogens (tertiary/aromatic N) is 2. The predicted octanol–water partition coefficient (Wildman–Crippen LogP) is 3.35. The molecule has 21 heavy (non-hydrogen) atoms. The highest BCUT2D eigenvalue weighted by molar-refractivity contribution is 5.86. The molecule has 2 heterocycles. The van der Waals surface area contributed by atoms with Crippen LogP contribution in [0.2, 0.25) is 0 Å². The molecule has 0 bridgehead atoms. The summed E-state index contributed by atoms with van der Waals surface area (Å²) in [6, 6.07) is 9.59. The van der Waals surface area contributed by atoms with Crippen molar-refractivity contribution in [2.24, 2.45) is 0 Å². The Balaban J connectivity index is 2.12. The van der Waals surface area contributed by atoms with E-state index in [0.717, 1.165) is 17.1 Å². The van der Waals surface area contributed by atoms with Crippen molar-refractivity contribution in [3.63, 3.8) is 0 Å². The van der Waals surface area contributed by atoms with Crippen LogP contribution in [0, 0.1) is 5.82 Å². The second-order valence-electron chi connectivity index (χ2n) is 5.82. The summed E-state index contributed by atoms with van der Waals surface area (Å²) >= 11 is 0. The van der Waals surface area contributed by atoms with Crippen molar-refractivity contribution in [3.05, 3.63) is 53.6 Å². The molecule has 0 atom stereocenters. The van der Waals surface area contributed by atoms with Crippen LogP contribution in [0.1, 0.15) is 30.0 Å². The fourth-order valence-corrected chi connectivity index (χ4v) is 2.72. The molecule has 2 aromatic rings. The number of halogens is 1. The van der Waals surface area contributed by atoms with Crippen molar-refractivity contribution < 1.29 is 14.3 Å². The zero-order valence-electron chi connectivity index (χ0n) is 11.8. The maximum atomic E-state index is 13.4. The molecule has 108 valence electrons. The number of fused-ring (bicyclic) bond motifs is 1. The summed E-state index contributed by atoms with van der Waals surface area (Å²) in [5.41, 5.74) is 2.03. The third kappa shape index (κ3) is 2.24. The average Bonchev–Trinajstić information content (AvgIpc) is 2.70. The summed E-state index contributed by atoms with van der Waals surface area (Å²) in [5.74, 6) is -1.34. The number of pyridine rings is 1. The Hall–Kier alpha value is -2.43. The molecular formula is C16H15FN2O2. The average molecular weight is 286 g/mol. The Labute approximate surface area is 121 Å². The molecule has 1 N–H and O–H groups in total. The van der Waals surface area contributed by atoms with Gasteiger partial charge in [0, 0.05) is 17.6 Å². The van der Waals surface area contributed by atoms with E-state index in [1.54, 1.807) is 12.1 Å². The lowest BCUT2D eigenvalue weighted by Gasteiger charge is -2.22. The highest BCUT2D eigenvalue weighted by atomic mass is 19.1. The second kappa shape index (κ2) is 4.55. The van der Waals surface area contributed by atoms with Gasteiger partial charge in [0.15, 0.2) is 0 Å². The number of carboxylic acid groups (broad SMARTS) is 1. The normalized spacial score (nSPS) is 15.9.